The predicted octanol–water partition coefficient (Wildman–Crippen LogP) is 10.8. The molecule has 0 saturated heterocycles. The molecule has 0 heterocycles. The molecule has 2 nitrogen and oxygen atoms in total. The van der Waals surface area contributed by atoms with Crippen molar-refractivity contribution < 1.29 is 9.53 Å². The van der Waals surface area contributed by atoms with Gasteiger partial charge in [-0.05, 0) is 100 Å². The van der Waals surface area contributed by atoms with Crippen LogP contribution in [-0.2, 0) is 16.6 Å². The lowest BCUT2D eigenvalue weighted by atomic mass is 9.84. The van der Waals surface area contributed by atoms with Gasteiger partial charge in [-0.15, -0.1) is 0 Å². The number of halogens is 1. The standard InChI is InChI=1S/C40H39ClO2/c1-6-43-39(42)34-9-7-28(8-10-34)26-38(33-17-15-31(16-18-33)37-24-23-36(41)25-27(37)2)32-13-11-29(12-14-32)30-19-21-35(22-20-30)40(3,4)5/h7-25,38H,6,26H2,1-5H3. The summed E-state index contributed by atoms with van der Waals surface area (Å²) in [6, 6.07) is 40.6. The SMILES string of the molecule is CCOC(=O)c1ccc(CC(c2ccc(-c3ccc(C(C)(C)C)cc3)cc2)c2ccc(-c3ccc(Cl)cc3C)cc2)cc1. The highest BCUT2D eigenvalue weighted by Gasteiger charge is 2.18. The van der Waals surface area contributed by atoms with E-state index < -0.39 is 0 Å². The van der Waals surface area contributed by atoms with Crippen molar-refractivity contribution in [2.24, 2.45) is 0 Å². The van der Waals surface area contributed by atoms with E-state index in [1.807, 2.05) is 43.3 Å². The first kappa shape index (κ1) is 30.3. The van der Waals surface area contributed by atoms with Gasteiger partial charge in [-0.25, -0.2) is 4.79 Å². The summed E-state index contributed by atoms with van der Waals surface area (Å²) in [4.78, 5) is 12.2. The third-order valence-electron chi connectivity index (χ3n) is 8.11. The topological polar surface area (TPSA) is 26.3 Å². The quantitative estimate of drug-likeness (QED) is 0.169. The first-order chi connectivity index (χ1) is 20.6. The van der Waals surface area contributed by atoms with Gasteiger partial charge in [-0.3, -0.25) is 0 Å². The summed E-state index contributed by atoms with van der Waals surface area (Å²) in [6.45, 7) is 11.0. The highest BCUT2D eigenvalue weighted by Crippen LogP contribution is 2.34. The van der Waals surface area contributed by atoms with E-state index in [-0.39, 0.29) is 17.3 Å². The van der Waals surface area contributed by atoms with Crippen molar-refractivity contribution in [3.63, 3.8) is 0 Å². The van der Waals surface area contributed by atoms with Crippen LogP contribution in [-0.4, -0.2) is 12.6 Å². The summed E-state index contributed by atoms with van der Waals surface area (Å²) in [5, 5.41) is 0.750. The van der Waals surface area contributed by atoms with Gasteiger partial charge in [-0.2, -0.15) is 0 Å². The van der Waals surface area contributed by atoms with Crippen molar-refractivity contribution in [3.8, 4) is 22.3 Å². The molecule has 0 aliphatic carbocycles. The third-order valence-corrected chi connectivity index (χ3v) is 8.35. The van der Waals surface area contributed by atoms with E-state index in [0.29, 0.717) is 12.2 Å². The Morgan fingerprint density at radius 1 is 0.721 bits per heavy atom. The fourth-order valence-electron chi connectivity index (χ4n) is 5.57. The second kappa shape index (κ2) is 13.0. The van der Waals surface area contributed by atoms with E-state index in [2.05, 4.69) is 107 Å². The Morgan fingerprint density at radius 3 is 1.77 bits per heavy atom. The second-order valence-corrected chi connectivity index (χ2v) is 12.6. The average molecular weight is 587 g/mol. The molecule has 0 aliphatic rings. The molecule has 0 N–H and O–H groups in total. The van der Waals surface area contributed by atoms with E-state index in [4.69, 9.17) is 16.3 Å². The lowest BCUT2D eigenvalue weighted by Gasteiger charge is -2.20. The number of aryl methyl sites for hydroxylation is 1. The van der Waals surface area contributed by atoms with Crippen molar-refractivity contribution in [3.05, 3.63) is 154 Å². The largest absolute Gasteiger partial charge is 0.462 e. The maximum absolute atomic E-state index is 12.2. The van der Waals surface area contributed by atoms with E-state index in [1.165, 1.54) is 38.9 Å². The highest BCUT2D eigenvalue weighted by molar-refractivity contribution is 6.30. The number of benzene rings is 5. The smallest absolute Gasteiger partial charge is 0.338 e. The van der Waals surface area contributed by atoms with Crippen molar-refractivity contribution in [1.82, 2.24) is 0 Å². The van der Waals surface area contributed by atoms with E-state index in [9.17, 15) is 4.79 Å². The van der Waals surface area contributed by atoms with Crippen LogP contribution < -0.4 is 0 Å². The molecular formula is C40H39ClO2. The van der Waals surface area contributed by atoms with E-state index in [1.54, 1.807) is 0 Å². The minimum Gasteiger partial charge on any atom is -0.462 e. The molecule has 0 aliphatic heterocycles. The number of carbonyl (C=O) groups is 1. The van der Waals surface area contributed by atoms with Crippen LogP contribution in [0.25, 0.3) is 22.3 Å². The Balaban J connectivity index is 1.46. The molecular weight excluding hydrogens is 548 g/mol. The summed E-state index contributed by atoms with van der Waals surface area (Å²) in [5.41, 5.74) is 11.6. The summed E-state index contributed by atoms with van der Waals surface area (Å²) < 4.78 is 5.17. The van der Waals surface area contributed by atoms with Gasteiger partial charge in [0.2, 0.25) is 0 Å². The molecule has 5 rings (SSSR count). The molecule has 0 bridgehead atoms. The summed E-state index contributed by atoms with van der Waals surface area (Å²) in [5.74, 6) is -0.143. The maximum atomic E-state index is 12.2. The molecule has 218 valence electrons. The number of hydrogen-bond donors (Lipinski definition) is 0. The molecule has 1 unspecified atom stereocenters. The molecule has 0 fully saturated rings. The molecule has 0 amide bonds. The van der Waals surface area contributed by atoms with Gasteiger partial charge >= 0.3 is 5.97 Å². The minimum atomic E-state index is -0.287. The van der Waals surface area contributed by atoms with Gasteiger partial charge in [-0.1, -0.05) is 123 Å². The lowest BCUT2D eigenvalue weighted by molar-refractivity contribution is 0.0526. The van der Waals surface area contributed by atoms with Crippen LogP contribution in [0.2, 0.25) is 5.02 Å². The predicted molar refractivity (Wildman–Crippen MR) is 180 cm³/mol. The molecule has 1 atom stereocenters. The molecule has 5 aromatic rings. The summed E-state index contributed by atoms with van der Waals surface area (Å²) in [6.07, 6.45) is 0.808. The van der Waals surface area contributed by atoms with Gasteiger partial charge in [0.15, 0.2) is 0 Å². The number of ether oxygens (including phenoxy) is 1. The van der Waals surface area contributed by atoms with Crippen molar-refractivity contribution in [2.45, 2.75) is 52.4 Å². The number of rotatable bonds is 8. The summed E-state index contributed by atoms with van der Waals surface area (Å²) >= 11 is 6.21. The number of carbonyl (C=O) groups excluding carboxylic acids is 1. The molecule has 5 aromatic carbocycles. The Labute approximate surface area is 261 Å². The molecule has 43 heavy (non-hydrogen) atoms. The molecule has 3 heteroatoms. The Morgan fingerprint density at radius 2 is 1.26 bits per heavy atom. The monoisotopic (exact) mass is 586 g/mol. The van der Waals surface area contributed by atoms with Gasteiger partial charge in [0.25, 0.3) is 0 Å². The van der Waals surface area contributed by atoms with Crippen molar-refractivity contribution in [2.75, 3.05) is 6.61 Å². The second-order valence-electron chi connectivity index (χ2n) is 12.2. The van der Waals surface area contributed by atoms with E-state index in [0.717, 1.165) is 22.6 Å². The van der Waals surface area contributed by atoms with Crippen LogP contribution in [0.3, 0.4) is 0 Å². The lowest BCUT2D eigenvalue weighted by Crippen LogP contribution is -2.10. The van der Waals surface area contributed by atoms with Crippen LogP contribution in [0.1, 0.15) is 71.8 Å². The zero-order valence-corrected chi connectivity index (χ0v) is 26.4. The van der Waals surface area contributed by atoms with Gasteiger partial charge in [0.05, 0.1) is 12.2 Å². The maximum Gasteiger partial charge on any atom is 0.338 e. The Hall–Kier alpha value is -4.14. The zero-order chi connectivity index (χ0) is 30.6. The molecule has 0 spiro atoms. The van der Waals surface area contributed by atoms with Crippen LogP contribution in [0, 0.1) is 6.92 Å². The zero-order valence-electron chi connectivity index (χ0n) is 25.7. The first-order valence-corrected chi connectivity index (χ1v) is 15.3. The Kier molecular flexibility index (Phi) is 9.18. The fraction of sp³-hybridized carbons (Fsp3) is 0.225. The van der Waals surface area contributed by atoms with Gasteiger partial charge in [0.1, 0.15) is 0 Å². The normalized spacial score (nSPS) is 12.1. The highest BCUT2D eigenvalue weighted by atomic mass is 35.5. The third kappa shape index (κ3) is 7.27. The van der Waals surface area contributed by atoms with Crippen molar-refractivity contribution >= 4 is 17.6 Å². The summed E-state index contributed by atoms with van der Waals surface area (Å²) in [7, 11) is 0. The average Bonchev–Trinajstić information content (AvgIpc) is 3.00. The fourth-order valence-corrected chi connectivity index (χ4v) is 5.80. The van der Waals surface area contributed by atoms with Crippen LogP contribution in [0.4, 0.5) is 0 Å². The van der Waals surface area contributed by atoms with E-state index >= 15 is 0 Å². The molecule has 0 radical (unpaired) electrons. The molecule has 0 saturated carbocycles. The van der Waals surface area contributed by atoms with Crippen molar-refractivity contribution in [1.29, 1.82) is 0 Å². The minimum absolute atomic E-state index is 0.131. The van der Waals surface area contributed by atoms with Crippen LogP contribution >= 0.6 is 11.6 Å². The Bertz CT molecular complexity index is 1680. The van der Waals surface area contributed by atoms with Gasteiger partial charge in [0, 0.05) is 10.9 Å². The number of hydrogen-bond acceptors (Lipinski definition) is 2. The van der Waals surface area contributed by atoms with Crippen LogP contribution in [0.15, 0.2) is 115 Å². The first-order valence-electron chi connectivity index (χ1n) is 15.0. The van der Waals surface area contributed by atoms with Gasteiger partial charge < -0.3 is 4.74 Å². The molecule has 0 aromatic heterocycles. The van der Waals surface area contributed by atoms with Crippen LogP contribution in [0.5, 0.6) is 0 Å². The number of esters is 1.